The summed E-state index contributed by atoms with van der Waals surface area (Å²) >= 11 is 0. The molecule has 0 aromatic heterocycles. The van der Waals surface area contributed by atoms with E-state index >= 15 is 0 Å². The van der Waals surface area contributed by atoms with E-state index in [-0.39, 0.29) is 11.9 Å². The van der Waals surface area contributed by atoms with Crippen molar-refractivity contribution in [2.24, 2.45) is 5.92 Å². The highest BCUT2D eigenvalue weighted by Gasteiger charge is 2.45. The number of piperidine rings is 1. The van der Waals surface area contributed by atoms with Crippen LogP contribution in [0.4, 0.5) is 4.79 Å². The maximum absolute atomic E-state index is 13.3. The van der Waals surface area contributed by atoms with Crippen LogP contribution in [0.2, 0.25) is 0 Å². The molecule has 1 heterocycles. The lowest BCUT2D eigenvalue weighted by atomic mass is 9.91. The Hall–Kier alpha value is -2.08. The lowest BCUT2D eigenvalue weighted by molar-refractivity contribution is -0.139. The number of benzene rings is 1. The molecule has 1 aliphatic carbocycles. The number of nitrogens with one attached hydrogen (secondary N) is 3. The van der Waals surface area contributed by atoms with Gasteiger partial charge in [-0.2, -0.15) is 0 Å². The Kier molecular flexibility index (Phi) is 6.72. The van der Waals surface area contributed by atoms with Crippen molar-refractivity contribution in [3.8, 4) is 0 Å². The Balaban J connectivity index is 1.56. The van der Waals surface area contributed by atoms with Crippen LogP contribution in [0.15, 0.2) is 30.3 Å². The molecule has 0 radical (unpaired) electrons. The number of likely N-dealkylation sites (tertiary alicyclic amines) is 1. The summed E-state index contributed by atoms with van der Waals surface area (Å²) in [5.41, 5.74) is 0.322. The van der Waals surface area contributed by atoms with Gasteiger partial charge in [0.2, 0.25) is 5.91 Å². The summed E-state index contributed by atoms with van der Waals surface area (Å²) < 4.78 is 0. The summed E-state index contributed by atoms with van der Waals surface area (Å²) in [5.74, 6) is 0.749. The van der Waals surface area contributed by atoms with Crippen molar-refractivity contribution in [3.63, 3.8) is 0 Å². The van der Waals surface area contributed by atoms with Gasteiger partial charge in [0, 0.05) is 19.6 Å². The van der Waals surface area contributed by atoms with Crippen molar-refractivity contribution in [1.29, 1.82) is 0 Å². The topological polar surface area (TPSA) is 73.5 Å². The number of amides is 3. The van der Waals surface area contributed by atoms with Crippen molar-refractivity contribution in [2.45, 2.75) is 50.6 Å². The molecule has 3 amide bonds. The van der Waals surface area contributed by atoms with Crippen LogP contribution >= 0.6 is 0 Å². The van der Waals surface area contributed by atoms with Gasteiger partial charge in [0.15, 0.2) is 0 Å². The Morgan fingerprint density at radius 1 is 1.11 bits per heavy atom. The van der Waals surface area contributed by atoms with Gasteiger partial charge in [0.05, 0.1) is 0 Å². The zero-order valence-corrected chi connectivity index (χ0v) is 16.3. The molecule has 148 valence electrons. The largest absolute Gasteiger partial charge is 0.341 e. The van der Waals surface area contributed by atoms with Crippen molar-refractivity contribution >= 4 is 11.9 Å². The maximum Gasteiger partial charge on any atom is 0.315 e. The van der Waals surface area contributed by atoms with Gasteiger partial charge in [-0.25, -0.2) is 4.79 Å². The number of carbonyl (C=O) groups excluding carboxylic acids is 2. The molecule has 3 rings (SSSR count). The average molecular weight is 373 g/mol. The molecular weight excluding hydrogens is 340 g/mol. The Morgan fingerprint density at radius 2 is 1.78 bits per heavy atom. The third-order valence-electron chi connectivity index (χ3n) is 5.91. The number of nitrogens with zero attached hydrogens (tertiary/aromatic N) is 1. The summed E-state index contributed by atoms with van der Waals surface area (Å²) in [6.07, 6.45) is 5.51. The molecular formula is C21H32N4O2. The van der Waals surface area contributed by atoms with E-state index in [0.29, 0.717) is 12.5 Å². The zero-order valence-electron chi connectivity index (χ0n) is 16.3. The van der Waals surface area contributed by atoms with Crippen molar-refractivity contribution < 1.29 is 9.59 Å². The van der Waals surface area contributed by atoms with Crippen LogP contribution in [-0.4, -0.2) is 49.1 Å². The molecule has 27 heavy (non-hydrogen) atoms. The van der Waals surface area contributed by atoms with Crippen LogP contribution in [-0.2, 0) is 11.3 Å². The second-order valence-electron chi connectivity index (χ2n) is 7.88. The van der Waals surface area contributed by atoms with E-state index in [2.05, 4.69) is 16.0 Å². The molecule has 6 heteroatoms. The van der Waals surface area contributed by atoms with Crippen LogP contribution in [0, 0.1) is 5.92 Å². The molecule has 6 nitrogen and oxygen atoms in total. The molecule has 0 atom stereocenters. The standard InChI is InChI=1S/C21H32N4O2/c1-22-15-18-9-13-25(14-10-18)19(26)21(11-5-6-12-21)24-20(27)23-16-17-7-3-2-4-8-17/h2-4,7-8,18,22H,5-6,9-16H2,1H3,(H2,23,24,27). The van der Waals surface area contributed by atoms with Gasteiger partial charge in [-0.1, -0.05) is 43.2 Å². The predicted molar refractivity (Wildman–Crippen MR) is 106 cm³/mol. The summed E-state index contributed by atoms with van der Waals surface area (Å²) in [4.78, 5) is 27.7. The van der Waals surface area contributed by atoms with Crippen LogP contribution in [0.3, 0.4) is 0 Å². The summed E-state index contributed by atoms with van der Waals surface area (Å²) in [6, 6.07) is 9.57. The van der Waals surface area contributed by atoms with E-state index in [1.807, 2.05) is 42.3 Å². The SMILES string of the molecule is CNCC1CCN(C(=O)C2(NC(=O)NCc3ccccc3)CCCC2)CC1. The third-order valence-corrected chi connectivity index (χ3v) is 5.91. The number of urea groups is 1. The van der Waals surface area contributed by atoms with E-state index in [9.17, 15) is 9.59 Å². The predicted octanol–water partition coefficient (Wildman–Crippen LogP) is 2.26. The fourth-order valence-corrected chi connectivity index (χ4v) is 4.34. The van der Waals surface area contributed by atoms with Gasteiger partial charge < -0.3 is 20.9 Å². The van der Waals surface area contributed by atoms with E-state index in [1.54, 1.807) is 0 Å². The molecule has 0 spiro atoms. The molecule has 3 N–H and O–H groups in total. The first-order valence-corrected chi connectivity index (χ1v) is 10.2. The molecule has 0 unspecified atom stereocenters. The fourth-order valence-electron chi connectivity index (χ4n) is 4.34. The molecule has 2 aliphatic rings. The van der Waals surface area contributed by atoms with Crippen LogP contribution < -0.4 is 16.0 Å². The second kappa shape index (κ2) is 9.22. The van der Waals surface area contributed by atoms with Crippen LogP contribution in [0.25, 0.3) is 0 Å². The Bertz CT molecular complexity index is 620. The lowest BCUT2D eigenvalue weighted by Crippen LogP contribution is -2.61. The van der Waals surface area contributed by atoms with E-state index in [1.165, 1.54) is 0 Å². The van der Waals surface area contributed by atoms with Gasteiger partial charge >= 0.3 is 6.03 Å². The Labute approximate surface area is 162 Å². The first-order valence-electron chi connectivity index (χ1n) is 10.2. The first kappa shape index (κ1) is 19.7. The number of carbonyl (C=O) groups is 2. The van der Waals surface area contributed by atoms with Crippen LogP contribution in [0.1, 0.15) is 44.1 Å². The van der Waals surface area contributed by atoms with Gasteiger partial charge in [0.1, 0.15) is 5.54 Å². The van der Waals surface area contributed by atoms with Crippen molar-refractivity contribution in [1.82, 2.24) is 20.9 Å². The Morgan fingerprint density at radius 3 is 2.41 bits per heavy atom. The van der Waals surface area contributed by atoms with Gasteiger partial charge in [-0.3, -0.25) is 4.79 Å². The highest BCUT2D eigenvalue weighted by molar-refractivity contribution is 5.91. The zero-order chi connectivity index (χ0) is 19.1. The minimum Gasteiger partial charge on any atom is -0.341 e. The van der Waals surface area contributed by atoms with Gasteiger partial charge in [-0.15, -0.1) is 0 Å². The van der Waals surface area contributed by atoms with Gasteiger partial charge in [-0.05, 0) is 50.8 Å². The highest BCUT2D eigenvalue weighted by atomic mass is 16.2. The smallest absolute Gasteiger partial charge is 0.315 e. The van der Waals surface area contributed by atoms with E-state index in [4.69, 9.17) is 0 Å². The molecule has 2 fully saturated rings. The normalized spacial score (nSPS) is 19.7. The minimum atomic E-state index is -0.726. The molecule has 1 saturated carbocycles. The molecule has 1 aromatic rings. The molecule has 0 bridgehead atoms. The molecule has 1 saturated heterocycles. The molecule has 1 aliphatic heterocycles. The number of rotatable bonds is 6. The number of hydrogen-bond acceptors (Lipinski definition) is 3. The average Bonchev–Trinajstić information content (AvgIpc) is 3.17. The summed E-state index contributed by atoms with van der Waals surface area (Å²) in [7, 11) is 1.98. The highest BCUT2D eigenvalue weighted by Crippen LogP contribution is 2.33. The maximum atomic E-state index is 13.3. The first-order chi connectivity index (χ1) is 13.1. The van der Waals surface area contributed by atoms with Gasteiger partial charge in [0.25, 0.3) is 0 Å². The second-order valence-corrected chi connectivity index (χ2v) is 7.88. The van der Waals surface area contributed by atoms with E-state index in [0.717, 1.165) is 63.7 Å². The number of hydrogen-bond donors (Lipinski definition) is 3. The quantitative estimate of drug-likeness (QED) is 0.717. The lowest BCUT2D eigenvalue weighted by Gasteiger charge is -2.38. The molecule has 1 aromatic carbocycles. The van der Waals surface area contributed by atoms with Crippen molar-refractivity contribution in [2.75, 3.05) is 26.7 Å². The van der Waals surface area contributed by atoms with E-state index < -0.39 is 5.54 Å². The van der Waals surface area contributed by atoms with Crippen LogP contribution in [0.5, 0.6) is 0 Å². The third kappa shape index (κ3) is 5.01. The van der Waals surface area contributed by atoms with Crippen molar-refractivity contribution in [3.05, 3.63) is 35.9 Å². The fraction of sp³-hybridized carbons (Fsp3) is 0.619. The monoisotopic (exact) mass is 372 g/mol. The minimum absolute atomic E-state index is 0.109. The summed E-state index contributed by atoms with van der Waals surface area (Å²) in [6.45, 7) is 3.06. The summed E-state index contributed by atoms with van der Waals surface area (Å²) in [5, 5.41) is 9.17.